The van der Waals surface area contributed by atoms with Gasteiger partial charge in [0.15, 0.2) is 0 Å². The average Bonchev–Trinajstić information content (AvgIpc) is 3.04. The monoisotopic (exact) mass is 327 g/mol. The number of hydrogen-bond donors (Lipinski definition) is 1. The summed E-state index contributed by atoms with van der Waals surface area (Å²) in [5, 5.41) is 10.5. The molecule has 1 unspecified atom stereocenters. The first-order valence-electron chi connectivity index (χ1n) is 9.13. The number of imidazole rings is 1. The Morgan fingerprint density at radius 3 is 2.58 bits per heavy atom. The standard InChI is InChI=1S/C20H29N3O/c1-22-16-12-21-20(22)11-15-23-13-9-18(10-14-23)19(24)8-7-17-5-3-2-4-6-17/h2-6,12,16,18-19,24H,7-11,13-15H2,1H3. The quantitative estimate of drug-likeness (QED) is 0.850. The topological polar surface area (TPSA) is 41.3 Å². The van der Waals surface area contributed by atoms with Crippen molar-refractivity contribution in [1.82, 2.24) is 14.5 Å². The van der Waals surface area contributed by atoms with Crippen molar-refractivity contribution in [3.8, 4) is 0 Å². The lowest BCUT2D eigenvalue weighted by molar-refractivity contribution is 0.0540. The summed E-state index contributed by atoms with van der Waals surface area (Å²) < 4.78 is 2.10. The van der Waals surface area contributed by atoms with Crippen LogP contribution in [-0.2, 0) is 19.9 Å². The van der Waals surface area contributed by atoms with Crippen molar-refractivity contribution in [2.24, 2.45) is 13.0 Å². The summed E-state index contributed by atoms with van der Waals surface area (Å²) >= 11 is 0. The molecule has 24 heavy (non-hydrogen) atoms. The molecule has 1 atom stereocenters. The molecule has 1 aliphatic rings. The summed E-state index contributed by atoms with van der Waals surface area (Å²) in [5.74, 6) is 1.61. The zero-order valence-corrected chi connectivity index (χ0v) is 14.6. The summed E-state index contributed by atoms with van der Waals surface area (Å²) in [6, 6.07) is 10.5. The molecule has 2 heterocycles. The van der Waals surface area contributed by atoms with E-state index in [0.717, 1.165) is 57.6 Å². The SMILES string of the molecule is Cn1ccnc1CCN1CCC(C(O)CCc2ccccc2)CC1. The summed E-state index contributed by atoms with van der Waals surface area (Å²) in [5.41, 5.74) is 1.32. The highest BCUT2D eigenvalue weighted by Crippen LogP contribution is 2.23. The fourth-order valence-corrected chi connectivity index (χ4v) is 3.65. The van der Waals surface area contributed by atoms with Crippen molar-refractivity contribution in [3.05, 3.63) is 54.1 Å². The van der Waals surface area contributed by atoms with Crippen LogP contribution in [0.4, 0.5) is 0 Å². The lowest BCUT2D eigenvalue weighted by atomic mass is 9.88. The van der Waals surface area contributed by atoms with E-state index in [1.54, 1.807) is 0 Å². The highest BCUT2D eigenvalue weighted by Gasteiger charge is 2.24. The highest BCUT2D eigenvalue weighted by atomic mass is 16.3. The number of aryl methyl sites for hydroxylation is 2. The molecular weight excluding hydrogens is 298 g/mol. The largest absolute Gasteiger partial charge is 0.393 e. The molecule has 0 saturated carbocycles. The van der Waals surface area contributed by atoms with Crippen LogP contribution in [0.2, 0.25) is 0 Å². The number of aliphatic hydroxyl groups is 1. The van der Waals surface area contributed by atoms with Crippen molar-refractivity contribution in [2.75, 3.05) is 19.6 Å². The molecule has 4 heteroatoms. The number of aliphatic hydroxyl groups excluding tert-OH is 1. The first-order valence-corrected chi connectivity index (χ1v) is 9.13. The van der Waals surface area contributed by atoms with Crippen LogP contribution in [0.15, 0.2) is 42.7 Å². The summed E-state index contributed by atoms with van der Waals surface area (Å²) in [6.07, 6.45) is 8.78. The van der Waals surface area contributed by atoms with E-state index in [9.17, 15) is 5.11 Å². The van der Waals surface area contributed by atoms with Crippen LogP contribution in [0, 0.1) is 5.92 Å². The number of benzene rings is 1. The molecule has 1 N–H and O–H groups in total. The van der Waals surface area contributed by atoms with Gasteiger partial charge < -0.3 is 14.6 Å². The number of piperidine rings is 1. The van der Waals surface area contributed by atoms with Crippen LogP contribution in [0.25, 0.3) is 0 Å². The van der Waals surface area contributed by atoms with Crippen molar-refractivity contribution in [3.63, 3.8) is 0 Å². The molecule has 4 nitrogen and oxygen atoms in total. The fraction of sp³-hybridized carbons (Fsp3) is 0.550. The summed E-state index contributed by atoms with van der Waals surface area (Å²) in [4.78, 5) is 6.90. The van der Waals surface area contributed by atoms with E-state index in [1.807, 2.05) is 18.5 Å². The number of aromatic nitrogens is 2. The molecule has 2 aromatic rings. The molecule has 3 rings (SSSR count). The number of hydrogen-bond acceptors (Lipinski definition) is 3. The predicted molar refractivity (Wildman–Crippen MR) is 96.8 cm³/mol. The number of nitrogens with zero attached hydrogens (tertiary/aromatic N) is 3. The van der Waals surface area contributed by atoms with Gasteiger partial charge >= 0.3 is 0 Å². The van der Waals surface area contributed by atoms with Crippen molar-refractivity contribution in [2.45, 2.75) is 38.2 Å². The molecule has 0 bridgehead atoms. The van der Waals surface area contributed by atoms with Gasteiger partial charge in [0.25, 0.3) is 0 Å². The second-order valence-electron chi connectivity index (χ2n) is 6.98. The molecule has 1 saturated heterocycles. The van der Waals surface area contributed by atoms with Gasteiger partial charge in [0, 0.05) is 32.4 Å². The van der Waals surface area contributed by atoms with Crippen LogP contribution in [-0.4, -0.2) is 45.3 Å². The Hall–Kier alpha value is -1.65. The molecule has 0 spiro atoms. The first kappa shape index (κ1) is 17.2. The Labute approximate surface area is 145 Å². The third kappa shape index (κ3) is 4.68. The molecule has 1 aromatic carbocycles. The number of rotatable bonds is 7. The maximum absolute atomic E-state index is 10.5. The van der Waals surface area contributed by atoms with Crippen LogP contribution in [0.5, 0.6) is 0 Å². The van der Waals surface area contributed by atoms with Crippen molar-refractivity contribution < 1.29 is 5.11 Å². The molecule has 1 fully saturated rings. The van der Waals surface area contributed by atoms with Crippen LogP contribution in [0.1, 0.15) is 30.7 Å². The zero-order valence-electron chi connectivity index (χ0n) is 14.6. The van der Waals surface area contributed by atoms with E-state index in [1.165, 1.54) is 5.56 Å². The Bertz CT molecular complexity index is 602. The van der Waals surface area contributed by atoms with Gasteiger partial charge in [-0.25, -0.2) is 4.98 Å². The number of likely N-dealkylation sites (tertiary alicyclic amines) is 1. The normalized spacial score (nSPS) is 17.9. The van der Waals surface area contributed by atoms with Gasteiger partial charge in [-0.15, -0.1) is 0 Å². The van der Waals surface area contributed by atoms with Crippen molar-refractivity contribution >= 4 is 0 Å². The molecule has 0 radical (unpaired) electrons. The summed E-state index contributed by atoms with van der Waals surface area (Å²) in [7, 11) is 2.05. The third-order valence-electron chi connectivity index (χ3n) is 5.32. The second-order valence-corrected chi connectivity index (χ2v) is 6.98. The Morgan fingerprint density at radius 1 is 1.17 bits per heavy atom. The van der Waals surface area contributed by atoms with Crippen LogP contribution < -0.4 is 0 Å². The maximum Gasteiger partial charge on any atom is 0.109 e. The molecule has 1 aliphatic heterocycles. The lowest BCUT2D eigenvalue weighted by Crippen LogP contribution is -2.39. The lowest BCUT2D eigenvalue weighted by Gasteiger charge is -2.34. The Morgan fingerprint density at radius 2 is 1.92 bits per heavy atom. The van der Waals surface area contributed by atoms with Gasteiger partial charge in [-0.2, -0.15) is 0 Å². The highest BCUT2D eigenvalue weighted by molar-refractivity contribution is 5.14. The molecule has 0 amide bonds. The smallest absolute Gasteiger partial charge is 0.109 e. The van der Waals surface area contributed by atoms with Crippen LogP contribution in [0.3, 0.4) is 0 Å². The fourth-order valence-electron chi connectivity index (χ4n) is 3.65. The van der Waals surface area contributed by atoms with E-state index in [0.29, 0.717) is 5.92 Å². The van der Waals surface area contributed by atoms with Crippen LogP contribution >= 0.6 is 0 Å². The van der Waals surface area contributed by atoms with Gasteiger partial charge in [0.2, 0.25) is 0 Å². The second kappa shape index (κ2) is 8.45. The first-order chi connectivity index (χ1) is 11.7. The van der Waals surface area contributed by atoms with E-state index in [2.05, 4.69) is 45.8 Å². The van der Waals surface area contributed by atoms with Gasteiger partial charge in [0.05, 0.1) is 6.10 Å². The molecular formula is C20H29N3O. The zero-order chi connectivity index (χ0) is 16.8. The minimum absolute atomic E-state index is 0.165. The van der Waals surface area contributed by atoms with E-state index < -0.39 is 0 Å². The van der Waals surface area contributed by atoms with E-state index >= 15 is 0 Å². The Balaban J connectivity index is 1.37. The van der Waals surface area contributed by atoms with Gasteiger partial charge in [-0.1, -0.05) is 30.3 Å². The molecule has 130 valence electrons. The minimum atomic E-state index is -0.165. The van der Waals surface area contributed by atoms with Gasteiger partial charge in [0.1, 0.15) is 5.82 Å². The molecule has 1 aromatic heterocycles. The van der Waals surface area contributed by atoms with E-state index in [-0.39, 0.29) is 6.10 Å². The minimum Gasteiger partial charge on any atom is -0.393 e. The van der Waals surface area contributed by atoms with Gasteiger partial charge in [-0.05, 0) is 50.3 Å². The average molecular weight is 327 g/mol. The predicted octanol–water partition coefficient (Wildman–Crippen LogP) is 2.67. The maximum atomic E-state index is 10.5. The van der Waals surface area contributed by atoms with Crippen molar-refractivity contribution in [1.29, 1.82) is 0 Å². The summed E-state index contributed by atoms with van der Waals surface area (Å²) in [6.45, 7) is 3.26. The Kier molecular flexibility index (Phi) is 6.05. The molecule has 0 aliphatic carbocycles. The van der Waals surface area contributed by atoms with E-state index in [4.69, 9.17) is 0 Å². The van der Waals surface area contributed by atoms with Gasteiger partial charge in [-0.3, -0.25) is 0 Å². The third-order valence-corrected chi connectivity index (χ3v) is 5.32.